The summed E-state index contributed by atoms with van der Waals surface area (Å²) in [4.78, 5) is 16.8. The first-order valence-corrected chi connectivity index (χ1v) is 8.45. The first-order chi connectivity index (χ1) is 11.6. The molecule has 6 heteroatoms. The van der Waals surface area contributed by atoms with E-state index >= 15 is 0 Å². The van der Waals surface area contributed by atoms with Crippen LogP contribution in [-0.4, -0.2) is 68.8 Å². The minimum atomic E-state index is 0.184. The number of morpholine rings is 1. The molecule has 0 aliphatic carbocycles. The third kappa shape index (κ3) is 3.49. The molecular weight excluding hydrogens is 308 g/mol. The van der Waals surface area contributed by atoms with Crippen LogP contribution in [0.5, 0.6) is 11.5 Å². The monoisotopic (exact) mass is 334 g/mol. The molecule has 1 aromatic carbocycles. The zero-order chi connectivity index (χ0) is 17.1. The molecule has 0 spiro atoms. The second kappa shape index (κ2) is 7.40. The minimum absolute atomic E-state index is 0.184. The van der Waals surface area contributed by atoms with Gasteiger partial charge >= 0.3 is 0 Å². The summed E-state index contributed by atoms with van der Waals surface area (Å²) in [5.41, 5.74) is 2.37. The van der Waals surface area contributed by atoms with Crippen molar-refractivity contribution in [3.8, 4) is 11.5 Å². The normalized spacial score (nSPS) is 21.3. The molecule has 2 aliphatic heterocycles. The van der Waals surface area contributed by atoms with Gasteiger partial charge in [0.25, 0.3) is 0 Å². The highest BCUT2D eigenvalue weighted by Crippen LogP contribution is 2.33. The number of carbonyl (C=O) groups is 1. The Kier molecular flexibility index (Phi) is 5.26. The summed E-state index contributed by atoms with van der Waals surface area (Å²) < 4.78 is 16.2. The first kappa shape index (κ1) is 17.0. The molecule has 0 radical (unpaired) electrons. The smallest absolute Gasteiger partial charge is 0.237 e. The number of hydrogen-bond acceptors (Lipinski definition) is 5. The minimum Gasteiger partial charge on any atom is -0.493 e. The third-order valence-corrected chi connectivity index (χ3v) is 4.91. The van der Waals surface area contributed by atoms with Gasteiger partial charge in [-0.05, 0) is 36.6 Å². The summed E-state index contributed by atoms with van der Waals surface area (Å²) in [6.07, 6.45) is 0.847. The molecule has 2 heterocycles. The van der Waals surface area contributed by atoms with E-state index in [0.717, 1.165) is 30.8 Å². The van der Waals surface area contributed by atoms with Crippen LogP contribution in [-0.2, 0) is 22.5 Å². The average molecular weight is 334 g/mol. The number of carbonyl (C=O) groups excluding carboxylic acids is 1. The number of rotatable bonds is 4. The van der Waals surface area contributed by atoms with Crippen molar-refractivity contribution in [2.75, 3.05) is 47.1 Å². The lowest BCUT2D eigenvalue weighted by Crippen LogP contribution is -2.49. The highest BCUT2D eigenvalue weighted by Gasteiger charge is 2.26. The molecule has 1 amide bonds. The zero-order valence-corrected chi connectivity index (χ0v) is 14.7. The summed E-state index contributed by atoms with van der Waals surface area (Å²) in [5.74, 6) is 1.65. The lowest BCUT2D eigenvalue weighted by atomic mass is 9.98. The Labute approximate surface area is 143 Å². The Balaban J connectivity index is 1.68. The van der Waals surface area contributed by atoms with E-state index in [-0.39, 0.29) is 5.91 Å². The van der Waals surface area contributed by atoms with Crippen molar-refractivity contribution in [2.45, 2.75) is 25.9 Å². The maximum absolute atomic E-state index is 12.7. The molecule has 3 rings (SSSR count). The van der Waals surface area contributed by atoms with Crippen molar-refractivity contribution in [1.82, 2.24) is 9.80 Å². The molecule has 2 aliphatic rings. The van der Waals surface area contributed by atoms with Gasteiger partial charge < -0.3 is 19.1 Å². The van der Waals surface area contributed by atoms with Crippen molar-refractivity contribution >= 4 is 5.91 Å². The van der Waals surface area contributed by atoms with E-state index in [0.29, 0.717) is 38.1 Å². The quantitative estimate of drug-likeness (QED) is 0.831. The molecule has 1 atom stereocenters. The maximum Gasteiger partial charge on any atom is 0.237 e. The second-order valence-electron chi connectivity index (χ2n) is 6.44. The molecule has 1 saturated heterocycles. The predicted molar refractivity (Wildman–Crippen MR) is 90.5 cm³/mol. The number of amides is 1. The first-order valence-electron chi connectivity index (χ1n) is 8.45. The third-order valence-electron chi connectivity index (χ3n) is 4.91. The summed E-state index contributed by atoms with van der Waals surface area (Å²) in [6, 6.07) is 4.31. The highest BCUT2D eigenvalue weighted by atomic mass is 16.5. The number of fused-ring (bicyclic) bond motifs is 1. The van der Waals surface area contributed by atoms with Gasteiger partial charge in [-0.1, -0.05) is 0 Å². The SMILES string of the molecule is COc1cc2c(cc1OC)CN(C(=O)CN1CCOC[C@@H]1C)CC2. The van der Waals surface area contributed by atoms with Gasteiger partial charge in [0, 0.05) is 25.7 Å². The molecule has 1 aromatic rings. The van der Waals surface area contributed by atoms with E-state index in [9.17, 15) is 4.79 Å². The van der Waals surface area contributed by atoms with Crippen LogP contribution >= 0.6 is 0 Å². The summed E-state index contributed by atoms with van der Waals surface area (Å²) in [6.45, 7) is 6.18. The molecule has 132 valence electrons. The van der Waals surface area contributed by atoms with Crippen LogP contribution in [0.25, 0.3) is 0 Å². The van der Waals surface area contributed by atoms with Gasteiger partial charge in [0.05, 0.1) is 34.0 Å². The molecule has 0 unspecified atom stereocenters. The van der Waals surface area contributed by atoms with Crippen molar-refractivity contribution in [3.63, 3.8) is 0 Å². The lowest BCUT2D eigenvalue weighted by molar-refractivity contribution is -0.135. The van der Waals surface area contributed by atoms with E-state index in [1.807, 2.05) is 17.0 Å². The summed E-state index contributed by atoms with van der Waals surface area (Å²) >= 11 is 0. The van der Waals surface area contributed by atoms with Gasteiger partial charge in [0.15, 0.2) is 11.5 Å². The Bertz CT molecular complexity index is 605. The Morgan fingerprint density at radius 2 is 1.92 bits per heavy atom. The number of methoxy groups -OCH3 is 2. The molecule has 0 aromatic heterocycles. The summed E-state index contributed by atoms with van der Waals surface area (Å²) in [7, 11) is 3.28. The average Bonchev–Trinajstić information content (AvgIpc) is 2.61. The van der Waals surface area contributed by atoms with Gasteiger partial charge in [-0.25, -0.2) is 0 Å². The second-order valence-corrected chi connectivity index (χ2v) is 6.44. The number of ether oxygens (including phenoxy) is 3. The molecular formula is C18H26N2O4. The van der Waals surface area contributed by atoms with E-state index in [1.165, 1.54) is 5.56 Å². The van der Waals surface area contributed by atoms with E-state index in [2.05, 4.69) is 11.8 Å². The van der Waals surface area contributed by atoms with E-state index in [1.54, 1.807) is 14.2 Å². The van der Waals surface area contributed by atoms with Gasteiger partial charge in [-0.3, -0.25) is 9.69 Å². The van der Waals surface area contributed by atoms with Gasteiger partial charge in [0.2, 0.25) is 5.91 Å². The van der Waals surface area contributed by atoms with Crippen LogP contribution < -0.4 is 9.47 Å². The zero-order valence-electron chi connectivity index (χ0n) is 14.7. The number of hydrogen-bond donors (Lipinski definition) is 0. The Morgan fingerprint density at radius 3 is 2.58 bits per heavy atom. The molecule has 6 nitrogen and oxygen atoms in total. The van der Waals surface area contributed by atoms with Crippen LogP contribution in [0.2, 0.25) is 0 Å². The fourth-order valence-corrected chi connectivity index (χ4v) is 3.37. The predicted octanol–water partition coefficient (Wildman–Crippen LogP) is 1.31. The Morgan fingerprint density at radius 1 is 1.21 bits per heavy atom. The fourth-order valence-electron chi connectivity index (χ4n) is 3.37. The van der Waals surface area contributed by atoms with Crippen LogP contribution in [0, 0.1) is 0 Å². The van der Waals surface area contributed by atoms with Crippen molar-refractivity contribution in [3.05, 3.63) is 23.3 Å². The van der Waals surface area contributed by atoms with Crippen molar-refractivity contribution < 1.29 is 19.0 Å². The van der Waals surface area contributed by atoms with Crippen LogP contribution in [0.3, 0.4) is 0 Å². The molecule has 0 N–H and O–H groups in total. The summed E-state index contributed by atoms with van der Waals surface area (Å²) in [5, 5.41) is 0. The van der Waals surface area contributed by atoms with Crippen LogP contribution in [0.15, 0.2) is 12.1 Å². The van der Waals surface area contributed by atoms with Gasteiger partial charge in [-0.15, -0.1) is 0 Å². The molecule has 0 bridgehead atoms. The van der Waals surface area contributed by atoms with Crippen LogP contribution in [0.1, 0.15) is 18.1 Å². The molecule has 24 heavy (non-hydrogen) atoms. The van der Waals surface area contributed by atoms with Gasteiger partial charge in [-0.2, -0.15) is 0 Å². The topological polar surface area (TPSA) is 51.2 Å². The number of nitrogens with zero attached hydrogens (tertiary/aromatic N) is 2. The van der Waals surface area contributed by atoms with E-state index < -0.39 is 0 Å². The van der Waals surface area contributed by atoms with Crippen LogP contribution in [0.4, 0.5) is 0 Å². The lowest BCUT2D eigenvalue weighted by Gasteiger charge is -2.35. The maximum atomic E-state index is 12.7. The van der Waals surface area contributed by atoms with Crippen molar-refractivity contribution in [2.24, 2.45) is 0 Å². The van der Waals surface area contributed by atoms with Gasteiger partial charge in [0.1, 0.15) is 0 Å². The fraction of sp³-hybridized carbons (Fsp3) is 0.611. The number of benzene rings is 1. The largest absolute Gasteiger partial charge is 0.493 e. The Hall–Kier alpha value is -1.79. The standard InChI is InChI=1S/C18H26N2O4/c1-13-12-24-7-6-19(13)11-18(21)20-5-4-14-8-16(22-2)17(23-3)9-15(14)10-20/h8-9,13H,4-7,10-12H2,1-3H3/t13-/m0/s1. The van der Waals surface area contributed by atoms with E-state index in [4.69, 9.17) is 14.2 Å². The molecule has 0 saturated carbocycles. The molecule has 1 fully saturated rings. The van der Waals surface area contributed by atoms with Crippen molar-refractivity contribution in [1.29, 1.82) is 0 Å². The highest BCUT2D eigenvalue weighted by molar-refractivity contribution is 5.78.